The molecule has 6 nitrogen and oxygen atoms in total. The first-order valence-corrected chi connectivity index (χ1v) is 5.16. The fourth-order valence-electron chi connectivity index (χ4n) is 1.08. The molecule has 0 aromatic carbocycles. The van der Waals surface area contributed by atoms with Gasteiger partial charge in [0.15, 0.2) is 5.69 Å². The Balaban J connectivity index is 2.41. The van der Waals surface area contributed by atoms with Crippen molar-refractivity contribution < 1.29 is 14.3 Å². The molecular formula is C9H12ClN3O3. The van der Waals surface area contributed by atoms with E-state index in [9.17, 15) is 9.59 Å². The van der Waals surface area contributed by atoms with Gasteiger partial charge in [0.1, 0.15) is 5.88 Å². The van der Waals surface area contributed by atoms with E-state index in [0.717, 1.165) is 5.69 Å². The SMILES string of the molecule is COC(=O)c1cc(CCNC(=O)CCl)[nH]n1. The molecule has 88 valence electrons. The average Bonchev–Trinajstić information content (AvgIpc) is 2.76. The summed E-state index contributed by atoms with van der Waals surface area (Å²) >= 11 is 5.30. The highest BCUT2D eigenvalue weighted by Crippen LogP contribution is 2.01. The lowest BCUT2D eigenvalue weighted by molar-refractivity contribution is -0.118. The van der Waals surface area contributed by atoms with Gasteiger partial charge in [0.25, 0.3) is 0 Å². The first-order valence-electron chi connectivity index (χ1n) is 4.62. The van der Waals surface area contributed by atoms with Crippen molar-refractivity contribution in [3.63, 3.8) is 0 Å². The topological polar surface area (TPSA) is 84.1 Å². The Morgan fingerprint density at radius 1 is 1.62 bits per heavy atom. The molecule has 2 N–H and O–H groups in total. The van der Waals surface area contributed by atoms with Crippen LogP contribution in [-0.4, -0.2) is 41.6 Å². The fourth-order valence-corrected chi connectivity index (χ4v) is 1.18. The summed E-state index contributed by atoms with van der Waals surface area (Å²) in [6, 6.07) is 1.58. The minimum atomic E-state index is -0.493. The summed E-state index contributed by atoms with van der Waals surface area (Å²) in [5.41, 5.74) is 0.969. The molecule has 0 atom stereocenters. The van der Waals surface area contributed by atoms with E-state index in [2.05, 4.69) is 20.3 Å². The van der Waals surface area contributed by atoms with Gasteiger partial charge in [0.05, 0.1) is 7.11 Å². The van der Waals surface area contributed by atoms with Crippen LogP contribution in [0.1, 0.15) is 16.2 Å². The van der Waals surface area contributed by atoms with E-state index in [1.165, 1.54) is 7.11 Å². The van der Waals surface area contributed by atoms with Crippen molar-refractivity contribution in [3.8, 4) is 0 Å². The first kappa shape index (κ1) is 12.5. The smallest absolute Gasteiger partial charge is 0.358 e. The van der Waals surface area contributed by atoms with Crippen LogP contribution in [0.2, 0.25) is 0 Å². The molecule has 0 saturated carbocycles. The number of carbonyl (C=O) groups is 2. The van der Waals surface area contributed by atoms with E-state index in [-0.39, 0.29) is 17.5 Å². The normalized spacial score (nSPS) is 9.88. The molecule has 0 unspecified atom stereocenters. The lowest BCUT2D eigenvalue weighted by Crippen LogP contribution is -2.26. The molecule has 0 aliphatic heterocycles. The van der Waals surface area contributed by atoms with Crippen LogP contribution >= 0.6 is 11.6 Å². The highest BCUT2D eigenvalue weighted by molar-refractivity contribution is 6.27. The molecule has 0 fully saturated rings. The van der Waals surface area contributed by atoms with Crippen LogP contribution < -0.4 is 5.32 Å². The van der Waals surface area contributed by atoms with Gasteiger partial charge in [-0.05, 0) is 6.07 Å². The third-order valence-electron chi connectivity index (χ3n) is 1.86. The maximum atomic E-state index is 11.1. The maximum absolute atomic E-state index is 11.1. The van der Waals surface area contributed by atoms with Crippen molar-refractivity contribution >= 4 is 23.5 Å². The van der Waals surface area contributed by atoms with Crippen LogP contribution in [0.15, 0.2) is 6.07 Å². The summed E-state index contributed by atoms with van der Waals surface area (Å²) in [4.78, 5) is 21.9. The van der Waals surface area contributed by atoms with E-state index < -0.39 is 5.97 Å². The van der Waals surface area contributed by atoms with Crippen LogP contribution in [-0.2, 0) is 16.0 Å². The molecule has 1 aromatic heterocycles. The molecule has 0 bridgehead atoms. The molecule has 1 heterocycles. The number of nitrogens with zero attached hydrogens (tertiary/aromatic N) is 1. The Hall–Kier alpha value is -1.56. The van der Waals surface area contributed by atoms with Gasteiger partial charge >= 0.3 is 5.97 Å². The Kier molecular flexibility index (Phi) is 4.78. The number of methoxy groups -OCH3 is 1. The van der Waals surface area contributed by atoms with Gasteiger partial charge in [0.2, 0.25) is 5.91 Å². The molecule has 0 radical (unpaired) electrons. The van der Waals surface area contributed by atoms with Gasteiger partial charge in [-0.2, -0.15) is 5.10 Å². The maximum Gasteiger partial charge on any atom is 0.358 e. The summed E-state index contributed by atoms with van der Waals surface area (Å²) in [6.07, 6.45) is 0.548. The number of esters is 1. The standard InChI is InChI=1S/C9H12ClN3O3/c1-16-9(15)7-4-6(12-13-7)2-3-11-8(14)5-10/h4H,2-3,5H2,1H3,(H,11,14)(H,12,13). The second kappa shape index (κ2) is 6.12. The lowest BCUT2D eigenvalue weighted by Gasteiger charge is -1.99. The van der Waals surface area contributed by atoms with E-state index in [1.54, 1.807) is 6.07 Å². The Morgan fingerprint density at radius 3 is 3.00 bits per heavy atom. The molecule has 1 aromatic rings. The van der Waals surface area contributed by atoms with E-state index >= 15 is 0 Å². The first-order chi connectivity index (χ1) is 7.67. The number of ether oxygens (including phenoxy) is 1. The minimum absolute atomic E-state index is 0.0591. The number of carbonyl (C=O) groups excluding carboxylic acids is 2. The van der Waals surface area contributed by atoms with Gasteiger partial charge < -0.3 is 10.1 Å². The molecule has 7 heteroatoms. The van der Waals surface area contributed by atoms with E-state index in [1.807, 2.05) is 0 Å². The summed E-state index contributed by atoms with van der Waals surface area (Å²) in [7, 11) is 1.29. The second-order valence-corrected chi connectivity index (χ2v) is 3.27. The van der Waals surface area contributed by atoms with Crippen LogP contribution in [0.3, 0.4) is 0 Å². The molecule has 1 amide bonds. The summed E-state index contributed by atoms with van der Waals surface area (Å²) in [6.45, 7) is 0.439. The van der Waals surface area contributed by atoms with Crippen molar-refractivity contribution in [3.05, 3.63) is 17.5 Å². The van der Waals surface area contributed by atoms with Gasteiger partial charge in [-0.3, -0.25) is 9.89 Å². The zero-order valence-electron chi connectivity index (χ0n) is 8.75. The number of nitrogens with one attached hydrogen (secondary N) is 2. The number of halogens is 1. The Morgan fingerprint density at radius 2 is 2.38 bits per heavy atom. The van der Waals surface area contributed by atoms with Crippen LogP contribution in [0.4, 0.5) is 0 Å². The molecule has 0 spiro atoms. The van der Waals surface area contributed by atoms with Gasteiger partial charge in [0, 0.05) is 18.7 Å². The predicted octanol–water partition coefficient (Wildman–Crippen LogP) is 0.0938. The van der Waals surface area contributed by atoms with Crippen LogP contribution in [0.25, 0.3) is 0 Å². The predicted molar refractivity (Wildman–Crippen MR) is 57.4 cm³/mol. The summed E-state index contributed by atoms with van der Waals surface area (Å²) in [5.74, 6) is -0.780. The van der Waals surface area contributed by atoms with Crippen molar-refractivity contribution in [2.24, 2.45) is 0 Å². The quantitative estimate of drug-likeness (QED) is 0.569. The Bertz CT molecular complexity index is 378. The Labute approximate surface area is 97.3 Å². The molecule has 0 aliphatic carbocycles. The third kappa shape index (κ3) is 3.54. The third-order valence-corrected chi connectivity index (χ3v) is 2.11. The summed E-state index contributed by atoms with van der Waals surface area (Å²) in [5, 5.41) is 9.04. The molecule has 16 heavy (non-hydrogen) atoms. The number of aromatic amines is 1. The lowest BCUT2D eigenvalue weighted by atomic mass is 10.3. The summed E-state index contributed by atoms with van der Waals surface area (Å²) < 4.78 is 4.50. The molecule has 0 saturated heterocycles. The number of rotatable bonds is 5. The molecule has 0 aliphatic rings. The zero-order valence-corrected chi connectivity index (χ0v) is 9.50. The molecule has 1 rings (SSSR count). The van der Waals surface area contributed by atoms with Crippen molar-refractivity contribution in [2.45, 2.75) is 6.42 Å². The number of amides is 1. The highest BCUT2D eigenvalue weighted by atomic mass is 35.5. The van der Waals surface area contributed by atoms with Crippen molar-refractivity contribution in [1.29, 1.82) is 0 Å². The van der Waals surface area contributed by atoms with E-state index in [0.29, 0.717) is 13.0 Å². The van der Waals surface area contributed by atoms with Crippen molar-refractivity contribution in [1.82, 2.24) is 15.5 Å². The highest BCUT2D eigenvalue weighted by Gasteiger charge is 2.09. The largest absolute Gasteiger partial charge is 0.464 e. The number of alkyl halides is 1. The number of hydrogen-bond acceptors (Lipinski definition) is 4. The number of hydrogen-bond donors (Lipinski definition) is 2. The zero-order chi connectivity index (χ0) is 12.0. The fraction of sp³-hybridized carbons (Fsp3) is 0.444. The van der Waals surface area contributed by atoms with Crippen LogP contribution in [0, 0.1) is 0 Å². The minimum Gasteiger partial charge on any atom is -0.464 e. The monoisotopic (exact) mass is 245 g/mol. The van der Waals surface area contributed by atoms with Gasteiger partial charge in [-0.15, -0.1) is 11.6 Å². The van der Waals surface area contributed by atoms with E-state index in [4.69, 9.17) is 11.6 Å². The second-order valence-electron chi connectivity index (χ2n) is 3.00. The average molecular weight is 246 g/mol. The van der Waals surface area contributed by atoms with Gasteiger partial charge in [-0.1, -0.05) is 0 Å². The van der Waals surface area contributed by atoms with Gasteiger partial charge in [-0.25, -0.2) is 4.79 Å². The number of H-pyrrole nitrogens is 1. The van der Waals surface area contributed by atoms with Crippen LogP contribution in [0.5, 0.6) is 0 Å². The number of aromatic nitrogens is 2. The van der Waals surface area contributed by atoms with Crippen molar-refractivity contribution in [2.75, 3.05) is 19.5 Å². The molecular weight excluding hydrogens is 234 g/mol.